The first-order valence-corrected chi connectivity index (χ1v) is 6.70. The molecule has 0 aromatic carbocycles. The quantitative estimate of drug-likeness (QED) is 0.673. The van der Waals surface area contributed by atoms with Gasteiger partial charge in [0.15, 0.2) is 0 Å². The summed E-state index contributed by atoms with van der Waals surface area (Å²) >= 11 is 0. The van der Waals surface area contributed by atoms with E-state index in [0.717, 1.165) is 0 Å². The second kappa shape index (κ2) is 6.05. The lowest BCUT2D eigenvalue weighted by Gasteiger charge is -2.16. The summed E-state index contributed by atoms with van der Waals surface area (Å²) in [7, 11) is -2.94. The fourth-order valence-electron chi connectivity index (χ4n) is 1.17. The Morgan fingerprint density at radius 1 is 1.40 bits per heavy atom. The van der Waals surface area contributed by atoms with Crippen LogP contribution in [0.1, 0.15) is 13.8 Å². The zero-order chi connectivity index (χ0) is 11.1. The van der Waals surface area contributed by atoms with E-state index in [1.807, 2.05) is 0 Å². The topological polar surface area (TPSA) is 53.4 Å². The van der Waals surface area contributed by atoms with E-state index in [2.05, 4.69) is 11.3 Å². The monoisotopic (exact) mass is 231 g/mol. The lowest BCUT2D eigenvalue weighted by Crippen LogP contribution is -2.07. The summed E-state index contributed by atoms with van der Waals surface area (Å²) in [5.41, 5.74) is 0. The molecule has 0 fully saturated rings. The third kappa shape index (κ3) is 4.16. The SMILES string of the molecule is CCOP(=O)(CCn1cc[c]n1)OCC. The predicted molar refractivity (Wildman–Crippen MR) is 56.8 cm³/mol. The molecule has 0 saturated carbocycles. The molecule has 1 aromatic rings. The average Bonchev–Trinajstić information content (AvgIpc) is 2.68. The van der Waals surface area contributed by atoms with Crippen LogP contribution >= 0.6 is 7.60 Å². The number of aromatic nitrogens is 2. The molecule has 0 saturated heterocycles. The number of hydrogen-bond donors (Lipinski definition) is 0. The van der Waals surface area contributed by atoms with Crippen LogP contribution in [0.2, 0.25) is 0 Å². The summed E-state index contributed by atoms with van der Waals surface area (Å²) in [6.45, 7) is 4.90. The van der Waals surface area contributed by atoms with Crippen molar-refractivity contribution in [3.8, 4) is 0 Å². The largest absolute Gasteiger partial charge is 0.332 e. The van der Waals surface area contributed by atoms with Gasteiger partial charge in [0.05, 0.1) is 25.9 Å². The van der Waals surface area contributed by atoms with Crippen LogP contribution in [-0.2, 0) is 20.2 Å². The molecule has 5 nitrogen and oxygen atoms in total. The molecule has 1 radical (unpaired) electrons. The van der Waals surface area contributed by atoms with Crippen molar-refractivity contribution in [3.63, 3.8) is 0 Å². The highest BCUT2D eigenvalue weighted by Crippen LogP contribution is 2.47. The molecule has 0 atom stereocenters. The van der Waals surface area contributed by atoms with Gasteiger partial charge in [0.25, 0.3) is 0 Å². The van der Waals surface area contributed by atoms with Crippen molar-refractivity contribution in [1.82, 2.24) is 9.78 Å². The van der Waals surface area contributed by atoms with E-state index in [1.165, 1.54) is 0 Å². The average molecular weight is 231 g/mol. The molecule has 6 heteroatoms. The second-order valence-electron chi connectivity index (χ2n) is 2.88. The highest BCUT2D eigenvalue weighted by atomic mass is 31.2. The Balaban J connectivity index is 2.48. The third-order valence-corrected chi connectivity index (χ3v) is 3.81. The molecule has 0 amide bonds. The minimum Gasteiger partial charge on any atom is -0.309 e. The zero-order valence-electron chi connectivity index (χ0n) is 9.05. The molecule has 85 valence electrons. The van der Waals surface area contributed by atoms with Gasteiger partial charge in [0.1, 0.15) is 6.20 Å². The van der Waals surface area contributed by atoms with Gasteiger partial charge in [-0.3, -0.25) is 9.25 Å². The van der Waals surface area contributed by atoms with E-state index in [-0.39, 0.29) is 0 Å². The highest BCUT2D eigenvalue weighted by Gasteiger charge is 2.22. The number of hydrogen-bond acceptors (Lipinski definition) is 4. The van der Waals surface area contributed by atoms with Crippen molar-refractivity contribution in [2.45, 2.75) is 20.4 Å². The van der Waals surface area contributed by atoms with Gasteiger partial charge in [0.2, 0.25) is 0 Å². The van der Waals surface area contributed by atoms with Crippen LogP contribution in [0, 0.1) is 6.20 Å². The third-order valence-electron chi connectivity index (χ3n) is 1.76. The molecular formula is C9H16N2O3P. The maximum Gasteiger partial charge on any atom is 0.332 e. The van der Waals surface area contributed by atoms with Crippen LogP contribution in [0.4, 0.5) is 0 Å². The fraction of sp³-hybridized carbons (Fsp3) is 0.667. The van der Waals surface area contributed by atoms with Gasteiger partial charge in [0, 0.05) is 6.20 Å². The van der Waals surface area contributed by atoms with Gasteiger partial charge in [-0.15, -0.1) is 0 Å². The normalized spacial score (nSPS) is 11.9. The molecule has 1 heterocycles. The first kappa shape index (κ1) is 12.4. The summed E-state index contributed by atoms with van der Waals surface area (Å²) in [4.78, 5) is 0. The van der Waals surface area contributed by atoms with E-state index in [0.29, 0.717) is 25.9 Å². The summed E-state index contributed by atoms with van der Waals surface area (Å²) in [6.07, 6.45) is 4.78. The van der Waals surface area contributed by atoms with Crippen molar-refractivity contribution in [2.75, 3.05) is 19.4 Å². The molecular weight excluding hydrogens is 215 g/mol. The maximum absolute atomic E-state index is 12.0. The predicted octanol–water partition coefficient (Wildman–Crippen LogP) is 1.95. The number of nitrogens with zero attached hydrogens (tertiary/aromatic N) is 2. The molecule has 0 spiro atoms. The Hall–Kier alpha value is -0.640. The van der Waals surface area contributed by atoms with Gasteiger partial charge >= 0.3 is 7.60 Å². The Labute approximate surface area is 89.9 Å². The van der Waals surface area contributed by atoms with Crippen LogP contribution in [0.15, 0.2) is 12.3 Å². The molecule has 0 N–H and O–H groups in total. The molecule has 0 aliphatic rings. The zero-order valence-corrected chi connectivity index (χ0v) is 9.94. The molecule has 0 aliphatic carbocycles. The molecule has 0 aliphatic heterocycles. The van der Waals surface area contributed by atoms with E-state index in [1.54, 1.807) is 30.8 Å². The van der Waals surface area contributed by atoms with Crippen LogP contribution < -0.4 is 0 Å². The van der Waals surface area contributed by atoms with Crippen molar-refractivity contribution < 1.29 is 13.6 Å². The van der Waals surface area contributed by atoms with Crippen molar-refractivity contribution in [3.05, 3.63) is 18.5 Å². The fourth-order valence-corrected chi connectivity index (χ4v) is 2.74. The van der Waals surface area contributed by atoms with Crippen LogP contribution in [0.25, 0.3) is 0 Å². The maximum atomic E-state index is 12.0. The minimum atomic E-state index is -2.94. The number of rotatable bonds is 7. The van der Waals surface area contributed by atoms with Crippen molar-refractivity contribution in [2.24, 2.45) is 0 Å². The first-order chi connectivity index (χ1) is 7.20. The van der Waals surface area contributed by atoms with E-state index in [9.17, 15) is 4.57 Å². The van der Waals surface area contributed by atoms with Crippen molar-refractivity contribution >= 4 is 7.60 Å². The Kier molecular flexibility index (Phi) is 5.02. The molecule has 1 aromatic heterocycles. The highest BCUT2D eigenvalue weighted by molar-refractivity contribution is 7.53. The smallest absolute Gasteiger partial charge is 0.309 e. The minimum absolute atomic E-state index is 0.337. The number of aryl methyl sites for hydroxylation is 1. The standard InChI is InChI=1S/C9H16N2O3P/c1-3-13-15(12,14-4-2)9-8-11-7-5-6-10-11/h5,7H,3-4,8-9H2,1-2H3. The Bertz CT molecular complexity index is 303. The lowest BCUT2D eigenvalue weighted by molar-refractivity contribution is 0.219. The van der Waals surface area contributed by atoms with Gasteiger partial charge in [-0.25, -0.2) is 0 Å². The van der Waals surface area contributed by atoms with Crippen molar-refractivity contribution in [1.29, 1.82) is 0 Å². The van der Waals surface area contributed by atoms with E-state index in [4.69, 9.17) is 9.05 Å². The molecule has 1 rings (SSSR count). The lowest BCUT2D eigenvalue weighted by atomic mass is 10.7. The van der Waals surface area contributed by atoms with Crippen LogP contribution in [0.5, 0.6) is 0 Å². The Morgan fingerprint density at radius 2 is 2.07 bits per heavy atom. The summed E-state index contributed by atoms with van der Waals surface area (Å²) in [6, 6.07) is 1.70. The van der Waals surface area contributed by atoms with Gasteiger partial charge in [-0.2, -0.15) is 5.10 Å². The van der Waals surface area contributed by atoms with E-state index < -0.39 is 7.60 Å². The van der Waals surface area contributed by atoms with Crippen LogP contribution in [-0.4, -0.2) is 29.2 Å². The van der Waals surface area contributed by atoms with Gasteiger partial charge in [-0.05, 0) is 19.9 Å². The first-order valence-electron chi connectivity index (χ1n) is 4.98. The van der Waals surface area contributed by atoms with Gasteiger partial charge in [-0.1, -0.05) is 0 Å². The summed E-state index contributed by atoms with van der Waals surface area (Å²) in [5, 5.41) is 3.90. The molecule has 15 heavy (non-hydrogen) atoms. The molecule has 0 bridgehead atoms. The molecule has 0 unspecified atom stereocenters. The van der Waals surface area contributed by atoms with Gasteiger partial charge < -0.3 is 9.05 Å². The summed E-state index contributed by atoms with van der Waals surface area (Å²) in [5.74, 6) is 0. The van der Waals surface area contributed by atoms with E-state index >= 15 is 0 Å². The summed E-state index contributed by atoms with van der Waals surface area (Å²) < 4.78 is 24.0. The van der Waals surface area contributed by atoms with Crippen LogP contribution in [0.3, 0.4) is 0 Å². The second-order valence-corrected chi connectivity index (χ2v) is 5.06. The Morgan fingerprint density at radius 3 is 2.53 bits per heavy atom.